The second-order valence-electron chi connectivity index (χ2n) is 3.47. The van der Waals surface area contributed by atoms with E-state index in [9.17, 15) is 4.39 Å². The van der Waals surface area contributed by atoms with E-state index >= 15 is 0 Å². The zero-order valence-electron chi connectivity index (χ0n) is 8.13. The zero-order valence-corrected chi connectivity index (χ0v) is 8.13. The van der Waals surface area contributed by atoms with E-state index in [-0.39, 0.29) is 11.7 Å². The fraction of sp³-hybridized carbons (Fsp3) is 0.364. The number of aliphatic imine (C=N–C) groups is 1. The highest BCUT2D eigenvalue weighted by Crippen LogP contribution is 2.18. The van der Waals surface area contributed by atoms with Crippen molar-refractivity contribution in [2.45, 2.75) is 12.8 Å². The molecule has 0 spiro atoms. The average Bonchev–Trinajstić information content (AvgIpc) is 2.69. The summed E-state index contributed by atoms with van der Waals surface area (Å²) >= 11 is 0. The molecule has 1 N–H and O–H groups in total. The van der Waals surface area contributed by atoms with E-state index in [1.165, 1.54) is 6.07 Å². The molecule has 1 aromatic carbocycles. The molecule has 0 aliphatic carbocycles. The Bertz CT molecular complexity index is 360. The lowest BCUT2D eigenvalue weighted by Gasteiger charge is -2.12. The van der Waals surface area contributed by atoms with Gasteiger partial charge in [-0.15, -0.1) is 0 Å². The predicted octanol–water partition coefficient (Wildman–Crippen LogP) is 1.93. The Morgan fingerprint density at radius 1 is 1.50 bits per heavy atom. The standard InChI is InChI=1S/C11H13FN2/c1-8(11-13-5-6-14-11)9-3-2-4-10(12)7-9/h2-4,7-8H,5-6H2,1H3,(H,13,14). The van der Waals surface area contributed by atoms with Gasteiger partial charge >= 0.3 is 0 Å². The Kier molecular flexibility index (Phi) is 2.48. The van der Waals surface area contributed by atoms with Gasteiger partial charge in [0.2, 0.25) is 0 Å². The Morgan fingerprint density at radius 2 is 2.36 bits per heavy atom. The quantitative estimate of drug-likeness (QED) is 0.760. The molecule has 2 nitrogen and oxygen atoms in total. The minimum Gasteiger partial charge on any atom is -0.371 e. The molecule has 0 saturated heterocycles. The molecule has 1 aliphatic heterocycles. The summed E-state index contributed by atoms with van der Waals surface area (Å²) in [5, 5.41) is 3.20. The van der Waals surface area contributed by atoms with Crippen molar-refractivity contribution in [1.82, 2.24) is 5.32 Å². The van der Waals surface area contributed by atoms with Gasteiger partial charge in [0.1, 0.15) is 11.7 Å². The first-order valence-corrected chi connectivity index (χ1v) is 4.81. The van der Waals surface area contributed by atoms with Crippen LogP contribution in [0.3, 0.4) is 0 Å². The maximum atomic E-state index is 13.0. The van der Waals surface area contributed by atoms with Crippen LogP contribution in [0.5, 0.6) is 0 Å². The van der Waals surface area contributed by atoms with Crippen LogP contribution in [0.15, 0.2) is 29.3 Å². The first-order chi connectivity index (χ1) is 6.77. The normalized spacial score (nSPS) is 17.4. The van der Waals surface area contributed by atoms with Crippen molar-refractivity contribution < 1.29 is 4.39 Å². The molecule has 3 heteroatoms. The van der Waals surface area contributed by atoms with Crippen molar-refractivity contribution in [3.05, 3.63) is 35.6 Å². The average molecular weight is 192 g/mol. The molecule has 1 atom stereocenters. The fourth-order valence-electron chi connectivity index (χ4n) is 1.64. The summed E-state index contributed by atoms with van der Waals surface area (Å²) in [6, 6.07) is 6.68. The van der Waals surface area contributed by atoms with Crippen LogP contribution in [0.25, 0.3) is 0 Å². The number of nitrogens with zero attached hydrogens (tertiary/aromatic N) is 1. The summed E-state index contributed by atoms with van der Waals surface area (Å²) in [7, 11) is 0. The molecule has 0 amide bonds. The van der Waals surface area contributed by atoms with Crippen molar-refractivity contribution in [1.29, 1.82) is 0 Å². The van der Waals surface area contributed by atoms with Gasteiger partial charge in [-0.25, -0.2) is 4.39 Å². The summed E-state index contributed by atoms with van der Waals surface area (Å²) < 4.78 is 13.0. The highest BCUT2D eigenvalue weighted by atomic mass is 19.1. The second kappa shape index (κ2) is 3.78. The number of hydrogen-bond donors (Lipinski definition) is 1. The van der Waals surface area contributed by atoms with E-state index < -0.39 is 0 Å². The van der Waals surface area contributed by atoms with Crippen molar-refractivity contribution >= 4 is 5.84 Å². The van der Waals surface area contributed by atoms with Gasteiger partial charge in [-0.05, 0) is 17.7 Å². The van der Waals surface area contributed by atoms with Gasteiger partial charge in [-0.2, -0.15) is 0 Å². The van der Waals surface area contributed by atoms with Crippen molar-refractivity contribution in [3.63, 3.8) is 0 Å². The number of amidine groups is 1. The summed E-state index contributed by atoms with van der Waals surface area (Å²) in [4.78, 5) is 4.32. The van der Waals surface area contributed by atoms with Crippen LogP contribution in [-0.4, -0.2) is 18.9 Å². The molecular formula is C11H13FN2. The van der Waals surface area contributed by atoms with Crippen LogP contribution in [0.4, 0.5) is 4.39 Å². The molecule has 74 valence electrons. The third-order valence-corrected chi connectivity index (χ3v) is 2.46. The molecule has 14 heavy (non-hydrogen) atoms. The van der Waals surface area contributed by atoms with Gasteiger partial charge in [0.25, 0.3) is 0 Å². The number of nitrogens with one attached hydrogen (secondary N) is 1. The molecule has 0 aromatic heterocycles. The van der Waals surface area contributed by atoms with E-state index in [4.69, 9.17) is 0 Å². The lowest BCUT2D eigenvalue weighted by atomic mass is 10.00. The van der Waals surface area contributed by atoms with E-state index in [0.29, 0.717) is 0 Å². The molecule has 1 heterocycles. The zero-order chi connectivity index (χ0) is 9.97. The smallest absolute Gasteiger partial charge is 0.123 e. The van der Waals surface area contributed by atoms with Crippen LogP contribution in [0.2, 0.25) is 0 Å². The van der Waals surface area contributed by atoms with Gasteiger partial charge < -0.3 is 5.32 Å². The number of rotatable bonds is 2. The van der Waals surface area contributed by atoms with Crippen LogP contribution < -0.4 is 5.32 Å². The van der Waals surface area contributed by atoms with Gasteiger partial charge in [0.05, 0.1) is 6.54 Å². The van der Waals surface area contributed by atoms with Crippen molar-refractivity contribution in [3.8, 4) is 0 Å². The Hall–Kier alpha value is -1.38. The molecule has 0 saturated carbocycles. The Labute approximate surface area is 82.9 Å². The summed E-state index contributed by atoms with van der Waals surface area (Å²) in [5.41, 5.74) is 0.971. The highest BCUT2D eigenvalue weighted by molar-refractivity contribution is 5.89. The van der Waals surface area contributed by atoms with Crippen LogP contribution in [-0.2, 0) is 0 Å². The molecule has 0 fully saturated rings. The fourth-order valence-corrected chi connectivity index (χ4v) is 1.64. The van der Waals surface area contributed by atoms with Gasteiger partial charge in [-0.1, -0.05) is 19.1 Å². The molecule has 1 aromatic rings. The van der Waals surface area contributed by atoms with Gasteiger partial charge in [0, 0.05) is 12.5 Å². The molecule has 1 aliphatic rings. The molecular weight excluding hydrogens is 179 g/mol. The summed E-state index contributed by atoms with van der Waals surface area (Å²) in [6.45, 7) is 3.76. The third kappa shape index (κ3) is 1.76. The topological polar surface area (TPSA) is 24.4 Å². The molecule has 0 radical (unpaired) electrons. The predicted molar refractivity (Wildman–Crippen MR) is 55.1 cm³/mol. The lowest BCUT2D eigenvalue weighted by Crippen LogP contribution is -2.23. The van der Waals surface area contributed by atoms with Gasteiger partial charge in [-0.3, -0.25) is 4.99 Å². The molecule has 1 unspecified atom stereocenters. The SMILES string of the molecule is CC(C1=NCCN1)c1cccc(F)c1. The molecule has 0 bridgehead atoms. The lowest BCUT2D eigenvalue weighted by molar-refractivity contribution is 0.625. The number of halogens is 1. The minimum atomic E-state index is -0.187. The third-order valence-electron chi connectivity index (χ3n) is 2.46. The first kappa shape index (κ1) is 9.19. The number of benzene rings is 1. The van der Waals surface area contributed by atoms with Crippen LogP contribution in [0, 0.1) is 5.82 Å². The molecule has 2 rings (SSSR count). The van der Waals surface area contributed by atoms with Crippen LogP contribution >= 0.6 is 0 Å². The van der Waals surface area contributed by atoms with Crippen LogP contribution in [0.1, 0.15) is 18.4 Å². The minimum absolute atomic E-state index is 0.160. The Balaban J connectivity index is 2.22. The maximum absolute atomic E-state index is 13.0. The van der Waals surface area contributed by atoms with E-state index in [1.807, 2.05) is 13.0 Å². The summed E-state index contributed by atoms with van der Waals surface area (Å²) in [6.07, 6.45) is 0. The van der Waals surface area contributed by atoms with E-state index in [2.05, 4.69) is 10.3 Å². The maximum Gasteiger partial charge on any atom is 0.123 e. The number of hydrogen-bond acceptors (Lipinski definition) is 2. The van der Waals surface area contributed by atoms with Crippen molar-refractivity contribution in [2.75, 3.05) is 13.1 Å². The van der Waals surface area contributed by atoms with E-state index in [1.54, 1.807) is 12.1 Å². The first-order valence-electron chi connectivity index (χ1n) is 4.81. The van der Waals surface area contributed by atoms with Gasteiger partial charge in [0.15, 0.2) is 0 Å². The van der Waals surface area contributed by atoms with E-state index in [0.717, 1.165) is 24.5 Å². The Morgan fingerprint density at radius 3 is 3.00 bits per heavy atom. The monoisotopic (exact) mass is 192 g/mol. The highest BCUT2D eigenvalue weighted by Gasteiger charge is 2.15. The van der Waals surface area contributed by atoms with Crippen molar-refractivity contribution in [2.24, 2.45) is 4.99 Å². The second-order valence-corrected chi connectivity index (χ2v) is 3.47. The summed E-state index contributed by atoms with van der Waals surface area (Å²) in [5.74, 6) is 0.941. The largest absolute Gasteiger partial charge is 0.371 e.